The van der Waals surface area contributed by atoms with Crippen molar-refractivity contribution >= 4 is 17.7 Å². The number of amides is 1. The Hall–Kier alpha value is -1.95. The summed E-state index contributed by atoms with van der Waals surface area (Å²) in [6, 6.07) is 14.8. The van der Waals surface area contributed by atoms with Crippen molar-refractivity contribution in [3.8, 4) is 0 Å². The molecule has 0 unspecified atom stereocenters. The second-order valence-electron chi connectivity index (χ2n) is 5.21. The molecular weight excluding hydrogens is 335 g/mol. The van der Waals surface area contributed by atoms with E-state index in [9.17, 15) is 18.0 Å². The fraction of sp³-hybridized carbons (Fsp3) is 0.278. The molecule has 0 fully saturated rings. The Balaban J connectivity index is 1.65. The van der Waals surface area contributed by atoms with Crippen LogP contribution < -0.4 is 5.32 Å². The summed E-state index contributed by atoms with van der Waals surface area (Å²) in [6.07, 6.45) is -3.40. The van der Waals surface area contributed by atoms with Gasteiger partial charge >= 0.3 is 6.18 Å². The second-order valence-corrected chi connectivity index (χ2v) is 6.37. The van der Waals surface area contributed by atoms with E-state index in [1.165, 1.54) is 12.1 Å². The van der Waals surface area contributed by atoms with Crippen LogP contribution in [0.5, 0.6) is 0 Å². The van der Waals surface area contributed by atoms with Gasteiger partial charge in [-0.25, -0.2) is 0 Å². The van der Waals surface area contributed by atoms with Crippen LogP contribution in [-0.2, 0) is 17.4 Å². The van der Waals surface area contributed by atoms with E-state index in [4.69, 9.17) is 0 Å². The quantitative estimate of drug-likeness (QED) is 0.740. The molecule has 6 heteroatoms. The molecule has 24 heavy (non-hydrogen) atoms. The summed E-state index contributed by atoms with van der Waals surface area (Å²) in [5, 5.41) is 2.79. The Bertz CT molecular complexity index is 642. The van der Waals surface area contributed by atoms with Crippen molar-refractivity contribution in [1.29, 1.82) is 0 Å². The smallest absolute Gasteiger partial charge is 0.356 e. The SMILES string of the molecule is O=C(CCSc1ccccc1)NCCc1ccc(C(F)(F)F)cc1. The van der Waals surface area contributed by atoms with Gasteiger partial charge in [0.25, 0.3) is 0 Å². The number of alkyl halides is 3. The number of carbonyl (C=O) groups is 1. The van der Waals surface area contributed by atoms with Crippen molar-refractivity contribution in [2.24, 2.45) is 0 Å². The van der Waals surface area contributed by atoms with E-state index in [1.54, 1.807) is 11.8 Å². The Morgan fingerprint density at radius 1 is 1.00 bits per heavy atom. The third-order valence-electron chi connectivity index (χ3n) is 3.36. The average molecular weight is 353 g/mol. The Labute approximate surface area is 143 Å². The minimum atomic E-state index is -4.32. The van der Waals surface area contributed by atoms with Crippen LogP contribution in [0.2, 0.25) is 0 Å². The lowest BCUT2D eigenvalue weighted by molar-refractivity contribution is -0.137. The van der Waals surface area contributed by atoms with Gasteiger partial charge < -0.3 is 5.32 Å². The van der Waals surface area contributed by atoms with Crippen molar-refractivity contribution in [1.82, 2.24) is 5.32 Å². The molecule has 0 aliphatic heterocycles. The van der Waals surface area contributed by atoms with Gasteiger partial charge in [0.1, 0.15) is 0 Å². The Morgan fingerprint density at radius 2 is 1.67 bits per heavy atom. The van der Waals surface area contributed by atoms with E-state index in [-0.39, 0.29) is 5.91 Å². The van der Waals surface area contributed by atoms with Gasteiger partial charge in [0, 0.05) is 23.6 Å². The van der Waals surface area contributed by atoms with Crippen LogP contribution >= 0.6 is 11.8 Å². The molecule has 2 rings (SSSR count). The minimum absolute atomic E-state index is 0.0506. The van der Waals surface area contributed by atoms with Gasteiger partial charge in [0.2, 0.25) is 5.91 Å². The minimum Gasteiger partial charge on any atom is -0.356 e. The maximum absolute atomic E-state index is 12.5. The van der Waals surface area contributed by atoms with Crippen molar-refractivity contribution in [3.05, 3.63) is 65.7 Å². The number of hydrogen-bond acceptors (Lipinski definition) is 2. The molecule has 0 saturated heterocycles. The lowest BCUT2D eigenvalue weighted by Gasteiger charge is -2.08. The molecule has 128 valence electrons. The largest absolute Gasteiger partial charge is 0.416 e. The van der Waals surface area contributed by atoms with E-state index >= 15 is 0 Å². The number of rotatable bonds is 7. The van der Waals surface area contributed by atoms with Gasteiger partial charge in [-0.15, -0.1) is 11.8 Å². The van der Waals surface area contributed by atoms with Crippen molar-refractivity contribution in [2.45, 2.75) is 23.9 Å². The molecule has 0 atom stereocenters. The van der Waals surface area contributed by atoms with E-state index in [0.29, 0.717) is 25.1 Å². The van der Waals surface area contributed by atoms with Crippen LogP contribution in [0, 0.1) is 0 Å². The van der Waals surface area contributed by atoms with Crippen LogP contribution in [0.25, 0.3) is 0 Å². The number of carbonyl (C=O) groups excluding carboxylic acids is 1. The third-order valence-corrected chi connectivity index (χ3v) is 4.37. The average Bonchev–Trinajstić information content (AvgIpc) is 2.55. The number of halogens is 3. The molecule has 0 aromatic heterocycles. The zero-order valence-electron chi connectivity index (χ0n) is 13.0. The summed E-state index contributed by atoms with van der Waals surface area (Å²) in [5.41, 5.74) is 0.107. The van der Waals surface area contributed by atoms with Gasteiger partial charge in [-0.3, -0.25) is 4.79 Å². The van der Waals surface area contributed by atoms with E-state index in [2.05, 4.69) is 5.32 Å². The van der Waals surface area contributed by atoms with E-state index in [0.717, 1.165) is 22.6 Å². The molecule has 0 heterocycles. The van der Waals surface area contributed by atoms with Gasteiger partial charge in [-0.1, -0.05) is 30.3 Å². The highest BCUT2D eigenvalue weighted by Gasteiger charge is 2.29. The normalized spacial score (nSPS) is 11.3. The lowest BCUT2D eigenvalue weighted by atomic mass is 10.1. The lowest BCUT2D eigenvalue weighted by Crippen LogP contribution is -2.25. The summed E-state index contributed by atoms with van der Waals surface area (Å²) < 4.78 is 37.4. The summed E-state index contributed by atoms with van der Waals surface area (Å²) in [5.74, 6) is 0.640. The molecule has 0 aliphatic rings. The standard InChI is InChI=1S/C18H18F3NOS/c19-18(20,21)15-8-6-14(7-9-15)10-12-22-17(23)11-13-24-16-4-2-1-3-5-16/h1-9H,10-13H2,(H,22,23). The third kappa shape index (κ3) is 6.28. The summed E-state index contributed by atoms with van der Waals surface area (Å²) in [6.45, 7) is 0.417. The number of nitrogens with one attached hydrogen (secondary N) is 1. The molecular formula is C18H18F3NOS. The van der Waals surface area contributed by atoms with E-state index in [1.807, 2.05) is 30.3 Å². The van der Waals surface area contributed by atoms with Crippen LogP contribution in [-0.4, -0.2) is 18.2 Å². The first-order valence-corrected chi connectivity index (χ1v) is 8.54. The molecule has 0 bridgehead atoms. The molecule has 1 amide bonds. The van der Waals surface area contributed by atoms with Crippen LogP contribution in [0.15, 0.2) is 59.5 Å². The van der Waals surface area contributed by atoms with Crippen LogP contribution in [0.4, 0.5) is 13.2 Å². The zero-order valence-corrected chi connectivity index (χ0v) is 13.8. The monoisotopic (exact) mass is 353 g/mol. The topological polar surface area (TPSA) is 29.1 Å². The molecule has 0 aliphatic carbocycles. The first-order valence-electron chi connectivity index (χ1n) is 7.56. The first kappa shape index (κ1) is 18.4. The molecule has 0 saturated carbocycles. The number of thioether (sulfide) groups is 1. The highest BCUT2D eigenvalue weighted by molar-refractivity contribution is 7.99. The van der Waals surface area contributed by atoms with Gasteiger partial charge in [-0.2, -0.15) is 13.2 Å². The highest BCUT2D eigenvalue weighted by Crippen LogP contribution is 2.29. The first-order chi connectivity index (χ1) is 11.4. The molecule has 0 radical (unpaired) electrons. The van der Waals surface area contributed by atoms with Crippen LogP contribution in [0.3, 0.4) is 0 Å². The molecule has 2 aromatic rings. The Kier molecular flexibility index (Phi) is 6.73. The highest BCUT2D eigenvalue weighted by atomic mass is 32.2. The second kappa shape index (κ2) is 8.78. The maximum Gasteiger partial charge on any atom is 0.416 e. The fourth-order valence-electron chi connectivity index (χ4n) is 2.07. The van der Waals surface area contributed by atoms with Gasteiger partial charge in [-0.05, 0) is 36.2 Å². The summed E-state index contributed by atoms with van der Waals surface area (Å²) >= 11 is 1.62. The summed E-state index contributed by atoms with van der Waals surface area (Å²) in [7, 11) is 0. The molecule has 0 spiro atoms. The van der Waals surface area contributed by atoms with Crippen molar-refractivity contribution in [3.63, 3.8) is 0 Å². The van der Waals surface area contributed by atoms with Gasteiger partial charge in [0.05, 0.1) is 5.56 Å². The number of benzene rings is 2. The van der Waals surface area contributed by atoms with Crippen LogP contribution in [0.1, 0.15) is 17.5 Å². The molecule has 2 nitrogen and oxygen atoms in total. The van der Waals surface area contributed by atoms with Gasteiger partial charge in [0.15, 0.2) is 0 Å². The predicted octanol–water partition coefficient (Wildman–Crippen LogP) is 4.55. The number of hydrogen-bond donors (Lipinski definition) is 1. The summed E-state index contributed by atoms with van der Waals surface area (Å²) in [4.78, 5) is 12.9. The van der Waals surface area contributed by atoms with Crippen molar-refractivity contribution < 1.29 is 18.0 Å². The zero-order chi connectivity index (χ0) is 17.4. The van der Waals surface area contributed by atoms with E-state index < -0.39 is 11.7 Å². The maximum atomic E-state index is 12.5. The molecule has 1 N–H and O–H groups in total. The molecule has 2 aromatic carbocycles. The predicted molar refractivity (Wildman–Crippen MR) is 89.9 cm³/mol. The van der Waals surface area contributed by atoms with Crippen molar-refractivity contribution in [2.75, 3.05) is 12.3 Å². The Morgan fingerprint density at radius 3 is 2.29 bits per heavy atom. The fourth-order valence-corrected chi connectivity index (χ4v) is 2.95.